The Morgan fingerprint density at radius 3 is 2.89 bits per heavy atom. The summed E-state index contributed by atoms with van der Waals surface area (Å²) in [6.45, 7) is 3.89. The van der Waals surface area contributed by atoms with Crippen LogP contribution in [-0.4, -0.2) is 24.6 Å². The highest BCUT2D eigenvalue weighted by Crippen LogP contribution is 2.34. The minimum Gasteiger partial charge on any atom is -0.487 e. The van der Waals surface area contributed by atoms with E-state index in [1.807, 2.05) is 6.92 Å². The molecule has 0 aromatic heterocycles. The van der Waals surface area contributed by atoms with Crippen LogP contribution in [0.15, 0.2) is 18.2 Å². The number of nitrogens with zero attached hydrogens (tertiary/aromatic N) is 1. The molecule has 2 atom stereocenters. The SMILES string of the molecule is CC1CN(C(=O)[C@H](C)N)c2ccc(F)cc2O1.Cl. The lowest BCUT2D eigenvalue weighted by Crippen LogP contribution is -2.48. The van der Waals surface area contributed by atoms with E-state index in [9.17, 15) is 9.18 Å². The average Bonchev–Trinajstić information content (AvgIpc) is 2.26. The normalized spacial score (nSPS) is 19.3. The molecule has 0 aliphatic carbocycles. The summed E-state index contributed by atoms with van der Waals surface area (Å²) in [5, 5.41) is 0. The second kappa shape index (κ2) is 5.54. The maximum atomic E-state index is 13.1. The van der Waals surface area contributed by atoms with Crippen LogP contribution >= 0.6 is 12.4 Å². The molecule has 4 nitrogen and oxygen atoms in total. The fraction of sp³-hybridized carbons (Fsp3) is 0.417. The summed E-state index contributed by atoms with van der Waals surface area (Å²) in [6, 6.07) is 3.54. The van der Waals surface area contributed by atoms with Crippen molar-refractivity contribution in [3.05, 3.63) is 24.0 Å². The lowest BCUT2D eigenvalue weighted by Gasteiger charge is -2.34. The van der Waals surface area contributed by atoms with Crippen molar-refractivity contribution in [1.29, 1.82) is 0 Å². The molecule has 1 aromatic rings. The van der Waals surface area contributed by atoms with Gasteiger partial charge in [-0.15, -0.1) is 12.4 Å². The van der Waals surface area contributed by atoms with E-state index in [1.165, 1.54) is 18.2 Å². The summed E-state index contributed by atoms with van der Waals surface area (Å²) in [5.74, 6) is -0.184. The Labute approximate surface area is 111 Å². The molecule has 0 bridgehead atoms. The van der Waals surface area contributed by atoms with Crippen molar-refractivity contribution in [2.75, 3.05) is 11.4 Å². The fourth-order valence-corrected chi connectivity index (χ4v) is 1.87. The monoisotopic (exact) mass is 274 g/mol. The van der Waals surface area contributed by atoms with Crippen molar-refractivity contribution >= 4 is 24.0 Å². The van der Waals surface area contributed by atoms with Crippen LogP contribution in [0.25, 0.3) is 0 Å². The molecule has 0 radical (unpaired) electrons. The molecule has 6 heteroatoms. The molecule has 0 saturated heterocycles. The molecule has 1 aliphatic heterocycles. The first-order chi connectivity index (χ1) is 7.99. The molecule has 18 heavy (non-hydrogen) atoms. The number of carbonyl (C=O) groups is 1. The van der Waals surface area contributed by atoms with Gasteiger partial charge >= 0.3 is 0 Å². The minimum absolute atomic E-state index is 0. The first-order valence-electron chi connectivity index (χ1n) is 5.52. The van der Waals surface area contributed by atoms with Gasteiger partial charge in [-0.3, -0.25) is 4.79 Å². The number of carbonyl (C=O) groups excluding carboxylic acids is 1. The highest BCUT2D eigenvalue weighted by molar-refractivity contribution is 5.98. The zero-order chi connectivity index (χ0) is 12.6. The van der Waals surface area contributed by atoms with E-state index in [0.29, 0.717) is 18.0 Å². The van der Waals surface area contributed by atoms with Gasteiger partial charge in [-0.25, -0.2) is 4.39 Å². The zero-order valence-corrected chi connectivity index (χ0v) is 11.0. The maximum Gasteiger partial charge on any atom is 0.243 e. The zero-order valence-electron chi connectivity index (χ0n) is 10.2. The lowest BCUT2D eigenvalue weighted by atomic mass is 10.1. The largest absolute Gasteiger partial charge is 0.487 e. The number of hydrogen-bond donors (Lipinski definition) is 1. The summed E-state index contributed by atoms with van der Waals surface area (Å²) in [6.07, 6.45) is -0.174. The van der Waals surface area contributed by atoms with Gasteiger partial charge in [0.1, 0.15) is 17.7 Å². The van der Waals surface area contributed by atoms with E-state index in [2.05, 4.69) is 0 Å². The third kappa shape index (κ3) is 2.73. The number of fused-ring (bicyclic) bond motifs is 1. The van der Waals surface area contributed by atoms with Gasteiger partial charge in [-0.05, 0) is 26.0 Å². The smallest absolute Gasteiger partial charge is 0.243 e. The van der Waals surface area contributed by atoms with Crippen molar-refractivity contribution in [2.45, 2.75) is 26.0 Å². The third-order valence-electron chi connectivity index (χ3n) is 2.64. The molecule has 0 fully saturated rings. The van der Waals surface area contributed by atoms with E-state index >= 15 is 0 Å². The standard InChI is InChI=1S/C12H15FN2O2.ClH/c1-7-6-15(12(16)8(2)14)10-4-3-9(13)5-11(10)17-7;/h3-5,7-8H,6,14H2,1-2H3;1H/t7?,8-;/m0./s1. The number of rotatable bonds is 1. The molecule has 1 aromatic carbocycles. The first kappa shape index (κ1) is 14.7. The van der Waals surface area contributed by atoms with E-state index in [0.717, 1.165) is 0 Å². The molecule has 0 saturated carbocycles. The van der Waals surface area contributed by atoms with Crippen molar-refractivity contribution in [3.63, 3.8) is 0 Å². The van der Waals surface area contributed by atoms with Crippen LogP contribution in [0.2, 0.25) is 0 Å². The quantitative estimate of drug-likeness (QED) is 0.848. The summed E-state index contributed by atoms with van der Waals surface area (Å²) in [7, 11) is 0. The summed E-state index contributed by atoms with van der Waals surface area (Å²) in [4.78, 5) is 13.5. The van der Waals surface area contributed by atoms with E-state index < -0.39 is 6.04 Å². The van der Waals surface area contributed by atoms with Crippen LogP contribution < -0.4 is 15.4 Å². The van der Waals surface area contributed by atoms with Crippen molar-refractivity contribution in [3.8, 4) is 5.75 Å². The molecule has 100 valence electrons. The Kier molecular flexibility index (Phi) is 4.53. The molecule has 1 amide bonds. The van der Waals surface area contributed by atoms with Gasteiger partial charge in [-0.1, -0.05) is 0 Å². The van der Waals surface area contributed by atoms with Crippen LogP contribution in [0, 0.1) is 5.82 Å². The molecular weight excluding hydrogens is 259 g/mol. The van der Waals surface area contributed by atoms with E-state index in [4.69, 9.17) is 10.5 Å². The maximum absolute atomic E-state index is 13.1. The molecule has 1 aliphatic rings. The van der Waals surface area contributed by atoms with Gasteiger partial charge in [0, 0.05) is 6.07 Å². The molecule has 2 N–H and O–H groups in total. The summed E-state index contributed by atoms with van der Waals surface area (Å²) < 4.78 is 18.6. The van der Waals surface area contributed by atoms with Crippen LogP contribution in [0.3, 0.4) is 0 Å². The number of amides is 1. The Bertz CT molecular complexity index is 454. The van der Waals surface area contributed by atoms with Crippen LogP contribution in [0.4, 0.5) is 10.1 Å². The van der Waals surface area contributed by atoms with Crippen molar-refractivity contribution in [2.24, 2.45) is 5.73 Å². The Morgan fingerprint density at radius 1 is 1.61 bits per heavy atom. The Morgan fingerprint density at radius 2 is 2.28 bits per heavy atom. The Balaban J connectivity index is 0.00000162. The highest BCUT2D eigenvalue weighted by atomic mass is 35.5. The minimum atomic E-state index is -0.585. The second-order valence-electron chi connectivity index (χ2n) is 4.28. The third-order valence-corrected chi connectivity index (χ3v) is 2.64. The summed E-state index contributed by atoms with van der Waals surface area (Å²) in [5.41, 5.74) is 6.17. The van der Waals surface area contributed by atoms with Crippen molar-refractivity contribution < 1.29 is 13.9 Å². The van der Waals surface area contributed by atoms with Gasteiger partial charge in [0.2, 0.25) is 5.91 Å². The van der Waals surface area contributed by atoms with E-state index in [-0.39, 0.29) is 30.2 Å². The lowest BCUT2D eigenvalue weighted by molar-refractivity contribution is -0.119. The summed E-state index contributed by atoms with van der Waals surface area (Å²) >= 11 is 0. The number of hydrogen-bond acceptors (Lipinski definition) is 3. The first-order valence-corrected chi connectivity index (χ1v) is 5.52. The molecular formula is C12H16ClFN2O2. The van der Waals surface area contributed by atoms with Crippen LogP contribution in [0.1, 0.15) is 13.8 Å². The number of nitrogens with two attached hydrogens (primary N) is 1. The predicted molar refractivity (Wildman–Crippen MR) is 69.7 cm³/mol. The van der Waals surface area contributed by atoms with Gasteiger partial charge in [0.25, 0.3) is 0 Å². The topological polar surface area (TPSA) is 55.6 Å². The predicted octanol–water partition coefficient (Wildman–Crippen LogP) is 1.71. The molecule has 2 rings (SSSR count). The number of anilines is 1. The highest BCUT2D eigenvalue weighted by Gasteiger charge is 2.29. The Hall–Kier alpha value is -1.33. The molecule has 1 heterocycles. The van der Waals surface area contributed by atoms with Crippen LogP contribution in [-0.2, 0) is 4.79 Å². The van der Waals surface area contributed by atoms with Gasteiger partial charge in [-0.2, -0.15) is 0 Å². The fourth-order valence-electron chi connectivity index (χ4n) is 1.87. The molecule has 0 spiro atoms. The number of ether oxygens (including phenoxy) is 1. The van der Waals surface area contributed by atoms with Gasteiger partial charge in [0.05, 0.1) is 18.3 Å². The number of halogens is 2. The van der Waals surface area contributed by atoms with Crippen LogP contribution in [0.5, 0.6) is 5.75 Å². The van der Waals surface area contributed by atoms with Crippen molar-refractivity contribution in [1.82, 2.24) is 0 Å². The number of benzene rings is 1. The van der Waals surface area contributed by atoms with Gasteiger partial charge < -0.3 is 15.4 Å². The average molecular weight is 275 g/mol. The van der Waals surface area contributed by atoms with E-state index in [1.54, 1.807) is 11.8 Å². The molecule has 1 unspecified atom stereocenters. The van der Waals surface area contributed by atoms with Gasteiger partial charge in [0.15, 0.2) is 0 Å². The second-order valence-corrected chi connectivity index (χ2v) is 4.28.